The van der Waals surface area contributed by atoms with Crippen LogP contribution in [0, 0.1) is 6.92 Å². The zero-order valence-electron chi connectivity index (χ0n) is 15.8. The molecule has 0 amide bonds. The largest absolute Gasteiger partial charge is 0.475 e. The van der Waals surface area contributed by atoms with Gasteiger partial charge in [-0.25, -0.2) is 9.36 Å². The number of ether oxygens (including phenoxy) is 1. The predicted octanol–water partition coefficient (Wildman–Crippen LogP) is 3.23. The number of hydrogen-bond acceptors (Lipinski definition) is 6. The first-order valence-corrected chi connectivity index (χ1v) is 9.13. The third-order valence-corrected chi connectivity index (χ3v) is 4.29. The number of benzene rings is 2. The van der Waals surface area contributed by atoms with Gasteiger partial charge in [0.2, 0.25) is 11.8 Å². The maximum absolute atomic E-state index is 12.7. The van der Waals surface area contributed by atoms with Crippen LogP contribution in [0.2, 0.25) is 0 Å². The second-order valence-corrected chi connectivity index (χ2v) is 6.36. The SMILES string of the molecule is Cc1cn(-c2nc(-c3ccccc3)oc2-c2ccccc2)c(=O)nc1OCCO. The van der Waals surface area contributed by atoms with E-state index in [-0.39, 0.29) is 19.1 Å². The minimum atomic E-state index is -0.548. The highest BCUT2D eigenvalue weighted by atomic mass is 16.5. The molecule has 0 spiro atoms. The van der Waals surface area contributed by atoms with Gasteiger partial charge in [0.1, 0.15) is 6.61 Å². The van der Waals surface area contributed by atoms with Crippen LogP contribution in [0.4, 0.5) is 0 Å². The molecule has 0 radical (unpaired) electrons. The van der Waals surface area contributed by atoms with E-state index >= 15 is 0 Å². The molecule has 0 atom stereocenters. The number of aryl methyl sites for hydroxylation is 1. The second-order valence-electron chi connectivity index (χ2n) is 6.36. The number of aliphatic hydroxyl groups is 1. The minimum absolute atomic E-state index is 0.0642. The van der Waals surface area contributed by atoms with E-state index in [4.69, 9.17) is 14.3 Å². The molecule has 4 rings (SSSR count). The minimum Gasteiger partial charge on any atom is -0.475 e. The molecule has 7 nitrogen and oxygen atoms in total. The number of oxazole rings is 1. The van der Waals surface area contributed by atoms with E-state index in [1.54, 1.807) is 13.1 Å². The summed E-state index contributed by atoms with van der Waals surface area (Å²) in [4.78, 5) is 21.3. The van der Waals surface area contributed by atoms with Crippen molar-refractivity contribution in [3.63, 3.8) is 0 Å². The van der Waals surface area contributed by atoms with Crippen molar-refractivity contribution < 1.29 is 14.3 Å². The van der Waals surface area contributed by atoms with Crippen molar-refractivity contribution in [3.05, 3.63) is 82.9 Å². The Labute approximate surface area is 166 Å². The van der Waals surface area contributed by atoms with Gasteiger partial charge in [0, 0.05) is 22.9 Å². The summed E-state index contributed by atoms with van der Waals surface area (Å²) in [7, 11) is 0. The highest BCUT2D eigenvalue weighted by Gasteiger charge is 2.20. The molecule has 0 saturated carbocycles. The van der Waals surface area contributed by atoms with Crippen LogP contribution in [-0.4, -0.2) is 32.9 Å². The van der Waals surface area contributed by atoms with E-state index < -0.39 is 5.69 Å². The molecule has 7 heteroatoms. The summed E-state index contributed by atoms with van der Waals surface area (Å²) in [5.74, 6) is 1.42. The van der Waals surface area contributed by atoms with E-state index in [2.05, 4.69) is 9.97 Å². The van der Waals surface area contributed by atoms with Gasteiger partial charge in [-0.15, -0.1) is 0 Å². The summed E-state index contributed by atoms with van der Waals surface area (Å²) >= 11 is 0. The van der Waals surface area contributed by atoms with Gasteiger partial charge in [-0.05, 0) is 19.1 Å². The normalized spacial score (nSPS) is 10.8. The zero-order chi connectivity index (χ0) is 20.2. The highest BCUT2D eigenvalue weighted by Crippen LogP contribution is 2.31. The van der Waals surface area contributed by atoms with Crippen LogP contribution in [0.15, 0.2) is 76.1 Å². The average Bonchev–Trinajstić information content (AvgIpc) is 3.20. The molecule has 0 aliphatic rings. The molecule has 146 valence electrons. The van der Waals surface area contributed by atoms with E-state index in [1.807, 2.05) is 60.7 Å². The summed E-state index contributed by atoms with van der Waals surface area (Å²) in [5.41, 5.74) is 1.69. The molecule has 2 heterocycles. The van der Waals surface area contributed by atoms with Crippen molar-refractivity contribution in [2.75, 3.05) is 13.2 Å². The second kappa shape index (κ2) is 8.12. The lowest BCUT2D eigenvalue weighted by molar-refractivity contribution is 0.195. The first-order valence-electron chi connectivity index (χ1n) is 9.13. The van der Waals surface area contributed by atoms with Crippen LogP contribution in [0.25, 0.3) is 28.6 Å². The molecule has 0 saturated heterocycles. The molecule has 4 aromatic rings. The Hall–Kier alpha value is -3.71. The summed E-state index contributed by atoms with van der Waals surface area (Å²) in [6, 6.07) is 19.0. The fourth-order valence-electron chi connectivity index (χ4n) is 2.93. The number of nitrogens with zero attached hydrogens (tertiary/aromatic N) is 3. The quantitative estimate of drug-likeness (QED) is 0.544. The van der Waals surface area contributed by atoms with E-state index in [1.165, 1.54) is 4.57 Å². The number of aromatic nitrogens is 3. The Morgan fingerprint density at radius 3 is 2.31 bits per heavy atom. The van der Waals surface area contributed by atoms with E-state index in [9.17, 15) is 4.79 Å². The number of hydrogen-bond donors (Lipinski definition) is 1. The van der Waals surface area contributed by atoms with Crippen molar-refractivity contribution in [3.8, 4) is 34.5 Å². The Bertz CT molecular complexity index is 1170. The lowest BCUT2D eigenvalue weighted by atomic mass is 10.2. The summed E-state index contributed by atoms with van der Waals surface area (Å²) in [5, 5.41) is 8.94. The predicted molar refractivity (Wildman–Crippen MR) is 108 cm³/mol. The molecule has 0 bridgehead atoms. The van der Waals surface area contributed by atoms with Gasteiger partial charge in [0.25, 0.3) is 0 Å². The fraction of sp³-hybridized carbons (Fsp3) is 0.136. The summed E-state index contributed by atoms with van der Waals surface area (Å²) in [6.07, 6.45) is 1.61. The van der Waals surface area contributed by atoms with E-state index in [0.29, 0.717) is 23.0 Å². The van der Waals surface area contributed by atoms with Crippen molar-refractivity contribution >= 4 is 0 Å². The molecule has 2 aromatic carbocycles. The molecule has 0 aliphatic heterocycles. The van der Waals surface area contributed by atoms with Crippen LogP contribution in [0.3, 0.4) is 0 Å². The van der Waals surface area contributed by atoms with Crippen LogP contribution in [0.5, 0.6) is 5.88 Å². The third kappa shape index (κ3) is 3.81. The van der Waals surface area contributed by atoms with Crippen LogP contribution < -0.4 is 10.4 Å². The molecule has 0 fully saturated rings. The maximum Gasteiger partial charge on any atom is 0.356 e. The van der Waals surface area contributed by atoms with Gasteiger partial charge in [0.15, 0.2) is 11.6 Å². The van der Waals surface area contributed by atoms with Crippen LogP contribution >= 0.6 is 0 Å². The lowest BCUT2D eigenvalue weighted by Crippen LogP contribution is -2.23. The molecule has 29 heavy (non-hydrogen) atoms. The maximum atomic E-state index is 12.7. The highest BCUT2D eigenvalue weighted by molar-refractivity contribution is 5.68. The average molecular weight is 389 g/mol. The topological polar surface area (TPSA) is 90.4 Å². The first-order chi connectivity index (χ1) is 14.2. The summed E-state index contributed by atoms with van der Waals surface area (Å²) in [6.45, 7) is 1.68. The van der Waals surface area contributed by atoms with Crippen molar-refractivity contribution in [2.45, 2.75) is 6.92 Å². The van der Waals surface area contributed by atoms with E-state index in [0.717, 1.165) is 11.1 Å². The molecule has 0 aliphatic carbocycles. The standard InChI is InChI=1S/C22H19N3O4/c1-15-14-25(22(27)24-20(15)28-13-12-26)19-18(16-8-4-2-5-9-16)29-21(23-19)17-10-6-3-7-11-17/h2-11,14,26H,12-13H2,1H3. The van der Waals surface area contributed by atoms with Gasteiger partial charge in [0.05, 0.1) is 6.61 Å². The first kappa shape index (κ1) is 18.6. The summed E-state index contributed by atoms with van der Waals surface area (Å²) < 4.78 is 12.7. The van der Waals surface area contributed by atoms with Gasteiger partial charge in [-0.2, -0.15) is 9.97 Å². The smallest absolute Gasteiger partial charge is 0.356 e. The monoisotopic (exact) mass is 389 g/mol. The number of aliphatic hydroxyl groups excluding tert-OH is 1. The molecular weight excluding hydrogens is 370 g/mol. The van der Waals surface area contributed by atoms with Gasteiger partial charge in [-0.3, -0.25) is 0 Å². The third-order valence-electron chi connectivity index (χ3n) is 4.29. The van der Waals surface area contributed by atoms with Crippen LogP contribution in [0.1, 0.15) is 5.56 Å². The molecule has 0 unspecified atom stereocenters. The van der Waals surface area contributed by atoms with Gasteiger partial charge in [-0.1, -0.05) is 48.5 Å². The number of rotatable bonds is 6. The molecular formula is C22H19N3O4. The fourth-order valence-corrected chi connectivity index (χ4v) is 2.93. The van der Waals surface area contributed by atoms with Crippen LogP contribution in [-0.2, 0) is 0 Å². The Balaban J connectivity index is 1.88. The molecule has 2 aromatic heterocycles. The zero-order valence-corrected chi connectivity index (χ0v) is 15.8. The lowest BCUT2D eigenvalue weighted by Gasteiger charge is -2.09. The Morgan fingerprint density at radius 2 is 1.66 bits per heavy atom. The van der Waals surface area contributed by atoms with Crippen molar-refractivity contribution in [2.24, 2.45) is 0 Å². The van der Waals surface area contributed by atoms with Crippen molar-refractivity contribution in [1.29, 1.82) is 0 Å². The van der Waals surface area contributed by atoms with Gasteiger partial charge < -0.3 is 14.3 Å². The Kier molecular flexibility index (Phi) is 5.22. The van der Waals surface area contributed by atoms with Crippen molar-refractivity contribution in [1.82, 2.24) is 14.5 Å². The Morgan fingerprint density at radius 1 is 1.00 bits per heavy atom. The van der Waals surface area contributed by atoms with Gasteiger partial charge >= 0.3 is 5.69 Å². The molecule has 1 N–H and O–H groups in total.